The summed E-state index contributed by atoms with van der Waals surface area (Å²) < 4.78 is 7.45. The van der Waals surface area contributed by atoms with Crippen molar-refractivity contribution < 1.29 is 9.84 Å². The fourth-order valence-corrected chi connectivity index (χ4v) is 1.58. The Labute approximate surface area is 100 Å². The molecule has 0 aliphatic carbocycles. The van der Waals surface area contributed by atoms with Gasteiger partial charge in [0, 0.05) is 7.05 Å². The van der Waals surface area contributed by atoms with E-state index in [1.807, 2.05) is 17.8 Å². The summed E-state index contributed by atoms with van der Waals surface area (Å²) in [6.07, 6.45) is 0.924. The molecular formula is C13H16N2O2. The Balaban J connectivity index is 2.01. The molecule has 0 saturated heterocycles. The van der Waals surface area contributed by atoms with Gasteiger partial charge in [0.05, 0.1) is 11.4 Å². The van der Waals surface area contributed by atoms with Crippen molar-refractivity contribution in [2.45, 2.75) is 20.0 Å². The van der Waals surface area contributed by atoms with Gasteiger partial charge in [0.25, 0.3) is 0 Å². The minimum absolute atomic E-state index is 0.242. The second-order valence-corrected chi connectivity index (χ2v) is 3.89. The molecule has 0 amide bonds. The molecule has 2 aromatic rings. The fourth-order valence-electron chi connectivity index (χ4n) is 1.58. The molecule has 1 heterocycles. The van der Waals surface area contributed by atoms with Crippen LogP contribution in [0.1, 0.15) is 18.3 Å². The molecule has 17 heavy (non-hydrogen) atoms. The van der Waals surface area contributed by atoms with Crippen molar-refractivity contribution >= 4 is 0 Å². The number of phenolic OH excluding ortho intramolecular Hbond substituents is 1. The first-order valence-electron chi connectivity index (χ1n) is 5.62. The van der Waals surface area contributed by atoms with E-state index >= 15 is 0 Å². The van der Waals surface area contributed by atoms with Crippen molar-refractivity contribution in [1.29, 1.82) is 0 Å². The zero-order chi connectivity index (χ0) is 12.3. The zero-order valence-corrected chi connectivity index (χ0v) is 10.1. The van der Waals surface area contributed by atoms with E-state index < -0.39 is 0 Å². The zero-order valence-electron chi connectivity index (χ0n) is 10.1. The van der Waals surface area contributed by atoms with Gasteiger partial charge < -0.3 is 9.84 Å². The number of rotatable bonds is 4. The van der Waals surface area contributed by atoms with Crippen molar-refractivity contribution in [2.75, 3.05) is 0 Å². The molecule has 1 aromatic heterocycles. The number of benzene rings is 1. The van der Waals surface area contributed by atoms with Gasteiger partial charge in [-0.1, -0.05) is 6.92 Å². The summed E-state index contributed by atoms with van der Waals surface area (Å²) in [6, 6.07) is 8.74. The minimum Gasteiger partial charge on any atom is -0.508 e. The molecule has 4 heteroatoms. The third-order valence-electron chi connectivity index (χ3n) is 2.61. The highest BCUT2D eigenvalue weighted by Gasteiger charge is 2.04. The number of phenols is 1. The van der Waals surface area contributed by atoms with Crippen molar-refractivity contribution in [3.8, 4) is 11.5 Å². The molecule has 1 aromatic carbocycles. The van der Waals surface area contributed by atoms with Crippen LogP contribution in [0.5, 0.6) is 11.5 Å². The highest BCUT2D eigenvalue weighted by Crippen LogP contribution is 2.17. The van der Waals surface area contributed by atoms with Crippen molar-refractivity contribution in [3.63, 3.8) is 0 Å². The lowest BCUT2D eigenvalue weighted by Crippen LogP contribution is -2.02. The quantitative estimate of drug-likeness (QED) is 0.879. The lowest BCUT2D eigenvalue weighted by atomic mass is 10.3. The third kappa shape index (κ3) is 2.78. The highest BCUT2D eigenvalue weighted by molar-refractivity contribution is 5.30. The van der Waals surface area contributed by atoms with Crippen LogP contribution >= 0.6 is 0 Å². The average molecular weight is 232 g/mol. The summed E-state index contributed by atoms with van der Waals surface area (Å²) in [6.45, 7) is 2.56. The van der Waals surface area contributed by atoms with Gasteiger partial charge in [0.1, 0.15) is 18.1 Å². The molecular weight excluding hydrogens is 216 g/mol. The van der Waals surface area contributed by atoms with Gasteiger partial charge in [0.15, 0.2) is 0 Å². The predicted molar refractivity (Wildman–Crippen MR) is 65.0 cm³/mol. The number of aromatic nitrogens is 2. The molecule has 0 saturated carbocycles. The Morgan fingerprint density at radius 2 is 2.00 bits per heavy atom. The number of ether oxygens (including phenoxy) is 1. The van der Waals surface area contributed by atoms with Gasteiger partial charge in [-0.25, -0.2) is 0 Å². The Morgan fingerprint density at radius 3 is 2.59 bits per heavy atom. The van der Waals surface area contributed by atoms with Crippen LogP contribution in [0.2, 0.25) is 0 Å². The summed E-state index contributed by atoms with van der Waals surface area (Å²) in [5.41, 5.74) is 2.10. The normalized spacial score (nSPS) is 10.5. The van der Waals surface area contributed by atoms with E-state index in [1.165, 1.54) is 0 Å². The molecule has 1 N–H and O–H groups in total. The van der Waals surface area contributed by atoms with Crippen LogP contribution in [0, 0.1) is 0 Å². The maximum absolute atomic E-state index is 9.15. The number of hydrogen-bond acceptors (Lipinski definition) is 3. The van der Waals surface area contributed by atoms with E-state index in [9.17, 15) is 0 Å². The highest BCUT2D eigenvalue weighted by atomic mass is 16.5. The molecule has 4 nitrogen and oxygen atoms in total. The molecule has 0 fully saturated rings. The van der Waals surface area contributed by atoms with Crippen LogP contribution in [0.15, 0.2) is 30.3 Å². The average Bonchev–Trinajstić information content (AvgIpc) is 2.69. The van der Waals surface area contributed by atoms with Gasteiger partial charge in [-0.3, -0.25) is 4.68 Å². The third-order valence-corrected chi connectivity index (χ3v) is 2.61. The van der Waals surface area contributed by atoms with E-state index in [2.05, 4.69) is 12.0 Å². The molecule has 0 atom stereocenters. The largest absolute Gasteiger partial charge is 0.508 e. The summed E-state index contributed by atoms with van der Waals surface area (Å²) in [4.78, 5) is 0. The summed E-state index contributed by atoms with van der Waals surface area (Å²) in [7, 11) is 1.91. The molecule has 0 spiro atoms. The van der Waals surface area contributed by atoms with Crippen LogP contribution < -0.4 is 4.74 Å². The van der Waals surface area contributed by atoms with Gasteiger partial charge in [0.2, 0.25) is 0 Å². The van der Waals surface area contributed by atoms with Gasteiger partial charge in [-0.15, -0.1) is 0 Å². The van der Waals surface area contributed by atoms with Crippen LogP contribution in [-0.4, -0.2) is 14.9 Å². The van der Waals surface area contributed by atoms with Crippen LogP contribution in [0.4, 0.5) is 0 Å². The monoisotopic (exact) mass is 232 g/mol. The fraction of sp³-hybridized carbons (Fsp3) is 0.308. The molecule has 2 rings (SSSR count). The summed E-state index contributed by atoms with van der Waals surface area (Å²) in [5, 5.41) is 13.5. The SMILES string of the molecule is CCc1cc(COc2ccc(O)cc2)n(C)n1. The molecule has 0 radical (unpaired) electrons. The van der Waals surface area contributed by atoms with Gasteiger partial charge in [-0.2, -0.15) is 5.10 Å². The Morgan fingerprint density at radius 1 is 1.29 bits per heavy atom. The number of aromatic hydroxyl groups is 1. The Kier molecular flexibility index (Phi) is 3.32. The summed E-state index contributed by atoms with van der Waals surface area (Å²) >= 11 is 0. The first-order chi connectivity index (χ1) is 8.19. The van der Waals surface area contributed by atoms with Crippen molar-refractivity contribution in [2.24, 2.45) is 7.05 Å². The lowest BCUT2D eigenvalue weighted by Gasteiger charge is -2.06. The first-order valence-corrected chi connectivity index (χ1v) is 5.62. The summed E-state index contributed by atoms with van der Waals surface area (Å²) in [5.74, 6) is 0.980. The maximum atomic E-state index is 9.15. The van der Waals surface area contributed by atoms with Gasteiger partial charge in [-0.05, 0) is 36.8 Å². The second-order valence-electron chi connectivity index (χ2n) is 3.89. The van der Waals surface area contributed by atoms with Crippen molar-refractivity contribution in [1.82, 2.24) is 9.78 Å². The maximum Gasteiger partial charge on any atom is 0.130 e. The predicted octanol–water partition coefficient (Wildman–Crippen LogP) is 2.27. The van der Waals surface area contributed by atoms with Gasteiger partial charge >= 0.3 is 0 Å². The van der Waals surface area contributed by atoms with E-state index in [4.69, 9.17) is 9.84 Å². The standard InChI is InChI=1S/C13H16N2O2/c1-3-10-8-11(15(2)14-10)9-17-13-6-4-12(16)5-7-13/h4-8,16H,3,9H2,1-2H3. The Hall–Kier alpha value is -1.97. The lowest BCUT2D eigenvalue weighted by molar-refractivity contribution is 0.294. The Bertz CT molecular complexity index is 489. The van der Waals surface area contributed by atoms with Crippen LogP contribution in [-0.2, 0) is 20.1 Å². The number of nitrogens with zero attached hydrogens (tertiary/aromatic N) is 2. The number of hydrogen-bond donors (Lipinski definition) is 1. The molecule has 0 aliphatic heterocycles. The smallest absolute Gasteiger partial charge is 0.130 e. The molecule has 90 valence electrons. The molecule has 0 unspecified atom stereocenters. The first kappa shape index (κ1) is 11.5. The molecule has 0 aliphatic rings. The second kappa shape index (κ2) is 4.91. The van der Waals surface area contributed by atoms with E-state index in [-0.39, 0.29) is 5.75 Å². The van der Waals surface area contributed by atoms with E-state index in [0.29, 0.717) is 6.61 Å². The van der Waals surface area contributed by atoms with Crippen molar-refractivity contribution in [3.05, 3.63) is 41.7 Å². The van der Waals surface area contributed by atoms with E-state index in [1.54, 1.807) is 24.3 Å². The van der Waals surface area contributed by atoms with Crippen LogP contribution in [0.3, 0.4) is 0 Å². The van der Waals surface area contributed by atoms with E-state index in [0.717, 1.165) is 23.6 Å². The topological polar surface area (TPSA) is 47.3 Å². The minimum atomic E-state index is 0.242. The van der Waals surface area contributed by atoms with Crippen LogP contribution in [0.25, 0.3) is 0 Å². The number of aryl methyl sites for hydroxylation is 2. The molecule has 0 bridgehead atoms.